The number of benzene rings is 2. The number of rotatable bonds is 9. The van der Waals surface area contributed by atoms with Crippen molar-refractivity contribution in [1.29, 1.82) is 0 Å². The fraction of sp³-hybridized carbons (Fsp3) is 0.320. The summed E-state index contributed by atoms with van der Waals surface area (Å²) < 4.78 is 33.6. The van der Waals surface area contributed by atoms with Crippen molar-refractivity contribution in [2.45, 2.75) is 44.2 Å². The van der Waals surface area contributed by atoms with Crippen molar-refractivity contribution in [3.8, 4) is 0 Å². The first-order chi connectivity index (χ1) is 16.3. The lowest BCUT2D eigenvalue weighted by Crippen LogP contribution is -2.22. The van der Waals surface area contributed by atoms with E-state index >= 15 is 0 Å². The molecule has 0 radical (unpaired) electrons. The number of sulfonamides is 1. The van der Waals surface area contributed by atoms with E-state index in [1.807, 2.05) is 47.9 Å². The van der Waals surface area contributed by atoms with Crippen LogP contribution in [-0.4, -0.2) is 47.3 Å². The average molecular weight is 481 g/mol. The summed E-state index contributed by atoms with van der Waals surface area (Å²) in [5.41, 5.74) is 3.11. The Labute approximate surface area is 199 Å². The second-order valence-corrected chi connectivity index (χ2v) is 10.4. The van der Waals surface area contributed by atoms with Gasteiger partial charge in [0.05, 0.1) is 27.9 Å². The molecule has 0 aliphatic rings. The molecule has 2 heterocycles. The zero-order chi connectivity index (χ0) is 24.3. The molecule has 4 rings (SSSR count). The molecule has 34 heavy (non-hydrogen) atoms. The molecule has 0 unspecified atom stereocenters. The van der Waals surface area contributed by atoms with Gasteiger partial charge in [0.1, 0.15) is 12.4 Å². The summed E-state index contributed by atoms with van der Waals surface area (Å²) in [6.45, 7) is 2.75. The number of nitrogens with zero attached hydrogens (tertiary/aromatic N) is 4. The molecule has 0 aliphatic carbocycles. The Morgan fingerprint density at radius 3 is 2.59 bits per heavy atom. The monoisotopic (exact) mass is 480 g/mol. The van der Waals surface area contributed by atoms with E-state index in [9.17, 15) is 13.2 Å². The quantitative estimate of drug-likeness (QED) is 0.337. The maximum atomic E-state index is 12.5. The third kappa shape index (κ3) is 4.95. The molecule has 0 spiro atoms. The number of pyridine rings is 1. The zero-order valence-electron chi connectivity index (χ0n) is 19.6. The van der Waals surface area contributed by atoms with E-state index in [1.54, 1.807) is 18.2 Å². The lowest BCUT2D eigenvalue weighted by Gasteiger charge is -2.11. The minimum absolute atomic E-state index is 0.0222. The van der Waals surface area contributed by atoms with Crippen LogP contribution in [0.5, 0.6) is 0 Å². The largest absolute Gasteiger partial charge is 0.457 e. The number of hydrogen-bond acceptors (Lipinski definition) is 6. The molecule has 0 saturated heterocycles. The van der Waals surface area contributed by atoms with E-state index in [-0.39, 0.29) is 23.9 Å². The third-order valence-electron chi connectivity index (χ3n) is 5.63. The number of hydrogen-bond donors (Lipinski definition) is 0. The summed E-state index contributed by atoms with van der Waals surface area (Å²) in [4.78, 5) is 21.8. The number of imidazole rings is 1. The lowest BCUT2D eigenvalue weighted by molar-refractivity contribution is -0.145. The number of esters is 1. The van der Waals surface area contributed by atoms with Crippen molar-refractivity contribution in [2.75, 3.05) is 14.1 Å². The highest BCUT2D eigenvalue weighted by molar-refractivity contribution is 7.89. The van der Waals surface area contributed by atoms with Gasteiger partial charge in [-0.05, 0) is 36.8 Å². The molecule has 8 nitrogen and oxygen atoms in total. The Kier molecular flexibility index (Phi) is 6.95. The second-order valence-electron chi connectivity index (χ2n) is 8.27. The van der Waals surface area contributed by atoms with Crippen LogP contribution >= 0.6 is 0 Å². The second kappa shape index (κ2) is 9.90. The number of ether oxygens (including phenoxy) is 1. The number of para-hydroxylation sites is 1. The molecule has 9 heteroatoms. The Hall–Kier alpha value is -3.30. The summed E-state index contributed by atoms with van der Waals surface area (Å²) in [5.74, 6) is 0.259. The van der Waals surface area contributed by atoms with Crippen LogP contribution in [0.15, 0.2) is 59.5 Å². The van der Waals surface area contributed by atoms with Gasteiger partial charge in [-0.3, -0.25) is 9.78 Å². The van der Waals surface area contributed by atoms with Gasteiger partial charge in [0.2, 0.25) is 10.0 Å². The Balaban J connectivity index is 1.46. The standard InChI is InChI=1S/C25H28N4O4S/c1-4-15-29-23-13-12-20(34(31,32)28(2)3)16-22(23)27-24(29)17-33-25(30)14-11-19-10-9-18-7-5-6-8-21(18)26-19/h5-10,12-13,16H,4,11,14-15,17H2,1-3H3. The topological polar surface area (TPSA) is 94.4 Å². The van der Waals surface area contributed by atoms with Crippen molar-refractivity contribution < 1.29 is 17.9 Å². The van der Waals surface area contributed by atoms with Crippen LogP contribution in [-0.2, 0) is 39.1 Å². The molecular formula is C25H28N4O4S. The first-order valence-electron chi connectivity index (χ1n) is 11.2. The van der Waals surface area contributed by atoms with E-state index in [0.29, 0.717) is 24.3 Å². The predicted octanol–water partition coefficient (Wildman–Crippen LogP) is 3.92. The fourth-order valence-electron chi connectivity index (χ4n) is 3.81. The lowest BCUT2D eigenvalue weighted by atomic mass is 10.1. The summed E-state index contributed by atoms with van der Waals surface area (Å²) in [7, 11) is -0.578. The van der Waals surface area contributed by atoms with Crippen molar-refractivity contribution in [3.05, 3.63) is 66.1 Å². The zero-order valence-corrected chi connectivity index (χ0v) is 20.4. The highest BCUT2D eigenvalue weighted by Gasteiger charge is 2.20. The van der Waals surface area contributed by atoms with Gasteiger partial charge < -0.3 is 9.30 Å². The summed E-state index contributed by atoms with van der Waals surface area (Å²) in [6, 6.07) is 16.7. The number of fused-ring (bicyclic) bond motifs is 2. The maximum absolute atomic E-state index is 12.5. The molecule has 0 N–H and O–H groups in total. The minimum atomic E-state index is -3.56. The van der Waals surface area contributed by atoms with Crippen LogP contribution in [0.4, 0.5) is 0 Å². The molecule has 0 bridgehead atoms. The smallest absolute Gasteiger partial charge is 0.306 e. The highest BCUT2D eigenvalue weighted by Crippen LogP contribution is 2.23. The molecule has 0 saturated carbocycles. The van der Waals surface area contributed by atoms with Crippen molar-refractivity contribution >= 4 is 37.9 Å². The van der Waals surface area contributed by atoms with Crippen LogP contribution in [0.2, 0.25) is 0 Å². The van der Waals surface area contributed by atoms with Crippen LogP contribution in [0.1, 0.15) is 31.3 Å². The van der Waals surface area contributed by atoms with Crippen molar-refractivity contribution in [1.82, 2.24) is 18.8 Å². The van der Waals surface area contributed by atoms with Crippen LogP contribution in [0.25, 0.3) is 21.9 Å². The summed E-state index contributed by atoms with van der Waals surface area (Å²) in [6.07, 6.45) is 1.56. The van der Waals surface area contributed by atoms with E-state index in [1.165, 1.54) is 18.4 Å². The Morgan fingerprint density at radius 1 is 1.03 bits per heavy atom. The van der Waals surface area contributed by atoms with E-state index in [0.717, 1.165) is 28.5 Å². The van der Waals surface area contributed by atoms with E-state index in [2.05, 4.69) is 9.97 Å². The van der Waals surface area contributed by atoms with Crippen molar-refractivity contribution in [3.63, 3.8) is 0 Å². The van der Waals surface area contributed by atoms with E-state index < -0.39 is 10.0 Å². The highest BCUT2D eigenvalue weighted by atomic mass is 32.2. The molecule has 4 aromatic rings. The van der Waals surface area contributed by atoms with Crippen LogP contribution in [0.3, 0.4) is 0 Å². The number of aromatic nitrogens is 3. The van der Waals surface area contributed by atoms with Gasteiger partial charge in [0, 0.05) is 38.1 Å². The fourth-order valence-corrected chi connectivity index (χ4v) is 4.73. The van der Waals surface area contributed by atoms with Gasteiger partial charge in [-0.2, -0.15) is 0 Å². The Bertz CT molecular complexity index is 1440. The van der Waals surface area contributed by atoms with Gasteiger partial charge in [0.15, 0.2) is 0 Å². The normalized spacial score (nSPS) is 12.0. The number of carbonyl (C=O) groups is 1. The first-order valence-corrected chi connectivity index (χ1v) is 12.7. The van der Waals surface area contributed by atoms with Gasteiger partial charge in [0.25, 0.3) is 0 Å². The van der Waals surface area contributed by atoms with Crippen molar-refractivity contribution in [2.24, 2.45) is 0 Å². The molecule has 2 aromatic carbocycles. The van der Waals surface area contributed by atoms with Gasteiger partial charge in [-0.15, -0.1) is 0 Å². The maximum Gasteiger partial charge on any atom is 0.306 e. The minimum Gasteiger partial charge on any atom is -0.457 e. The molecule has 0 aliphatic heterocycles. The summed E-state index contributed by atoms with van der Waals surface area (Å²) in [5, 5.41) is 1.06. The predicted molar refractivity (Wildman–Crippen MR) is 131 cm³/mol. The first kappa shape index (κ1) is 23.8. The van der Waals surface area contributed by atoms with Crippen LogP contribution in [0, 0.1) is 0 Å². The molecule has 2 aromatic heterocycles. The average Bonchev–Trinajstić information content (AvgIpc) is 3.18. The van der Waals surface area contributed by atoms with E-state index in [4.69, 9.17) is 4.74 Å². The summed E-state index contributed by atoms with van der Waals surface area (Å²) >= 11 is 0. The SMILES string of the molecule is CCCn1c(COC(=O)CCc2ccc3ccccc3n2)nc2cc(S(=O)(=O)N(C)C)ccc21. The third-order valence-corrected chi connectivity index (χ3v) is 7.44. The number of aryl methyl sites for hydroxylation is 2. The van der Waals surface area contributed by atoms with Gasteiger partial charge >= 0.3 is 5.97 Å². The molecule has 0 amide bonds. The molecule has 0 atom stereocenters. The molecule has 178 valence electrons. The molecular weight excluding hydrogens is 452 g/mol. The number of carbonyl (C=O) groups excluding carboxylic acids is 1. The molecule has 0 fully saturated rings. The van der Waals surface area contributed by atoms with Gasteiger partial charge in [-0.25, -0.2) is 17.7 Å². The van der Waals surface area contributed by atoms with Gasteiger partial charge in [-0.1, -0.05) is 31.2 Å². The Morgan fingerprint density at radius 2 is 1.82 bits per heavy atom. The van der Waals surface area contributed by atoms with Crippen LogP contribution < -0.4 is 0 Å².